The molecule has 1 aliphatic rings. The molecule has 2 nitrogen and oxygen atoms in total. The number of ether oxygens (including phenoxy) is 2. The van der Waals surface area contributed by atoms with Crippen LogP contribution in [0.25, 0.3) is 0 Å². The van der Waals surface area contributed by atoms with Crippen molar-refractivity contribution >= 4 is 0 Å². The second kappa shape index (κ2) is 11.4. The molecule has 25 heavy (non-hydrogen) atoms. The van der Waals surface area contributed by atoms with Crippen LogP contribution in [0.3, 0.4) is 0 Å². The summed E-state index contributed by atoms with van der Waals surface area (Å²) in [4.78, 5) is 0. The molecule has 0 radical (unpaired) electrons. The van der Waals surface area contributed by atoms with Crippen LogP contribution >= 0.6 is 0 Å². The highest BCUT2D eigenvalue weighted by Gasteiger charge is 2.25. The maximum atomic E-state index is 6.51. The van der Waals surface area contributed by atoms with Crippen LogP contribution in [-0.2, 0) is 0 Å². The van der Waals surface area contributed by atoms with Gasteiger partial charge in [0.2, 0.25) is 0 Å². The number of benzene rings is 1. The molecule has 2 rings (SSSR count). The fraction of sp³-hybridized carbons (Fsp3) is 0.739. The summed E-state index contributed by atoms with van der Waals surface area (Å²) in [5.74, 6) is 2.76. The van der Waals surface area contributed by atoms with Gasteiger partial charge in [0.25, 0.3) is 0 Å². The third kappa shape index (κ3) is 6.92. The number of hydrogen-bond donors (Lipinski definition) is 0. The monoisotopic (exact) mass is 346 g/mol. The van der Waals surface area contributed by atoms with Gasteiger partial charge in [-0.2, -0.15) is 0 Å². The smallest absolute Gasteiger partial charge is 0.122 e. The molecular formula is C23H38O2. The van der Waals surface area contributed by atoms with E-state index >= 15 is 0 Å². The zero-order valence-corrected chi connectivity index (χ0v) is 16.7. The quantitative estimate of drug-likeness (QED) is 0.398. The molecule has 0 aliphatic heterocycles. The van der Waals surface area contributed by atoms with Crippen molar-refractivity contribution in [3.05, 3.63) is 23.8 Å². The van der Waals surface area contributed by atoms with Crippen LogP contribution in [0.2, 0.25) is 0 Å². The molecule has 0 spiro atoms. The van der Waals surface area contributed by atoms with Crippen molar-refractivity contribution in [2.24, 2.45) is 5.92 Å². The maximum Gasteiger partial charge on any atom is 0.122 e. The lowest BCUT2D eigenvalue weighted by molar-refractivity contribution is 0.0969. The van der Waals surface area contributed by atoms with E-state index in [1.807, 2.05) is 0 Å². The Labute approximate surface area is 155 Å². The van der Waals surface area contributed by atoms with Crippen molar-refractivity contribution in [1.29, 1.82) is 0 Å². The molecule has 0 saturated heterocycles. The Morgan fingerprint density at radius 1 is 1.00 bits per heavy atom. The third-order valence-corrected chi connectivity index (χ3v) is 5.46. The molecule has 1 aromatic rings. The Morgan fingerprint density at radius 2 is 1.76 bits per heavy atom. The number of hydrogen-bond acceptors (Lipinski definition) is 2. The Hall–Kier alpha value is -1.18. The van der Waals surface area contributed by atoms with Gasteiger partial charge in [-0.1, -0.05) is 52.4 Å². The van der Waals surface area contributed by atoms with Crippen molar-refractivity contribution in [1.82, 2.24) is 0 Å². The zero-order chi connectivity index (χ0) is 17.9. The van der Waals surface area contributed by atoms with E-state index in [0.717, 1.165) is 30.4 Å². The van der Waals surface area contributed by atoms with E-state index in [9.17, 15) is 0 Å². The first-order chi connectivity index (χ1) is 12.2. The van der Waals surface area contributed by atoms with E-state index in [0.29, 0.717) is 6.10 Å². The molecule has 1 atom stereocenters. The first-order valence-corrected chi connectivity index (χ1v) is 10.6. The fourth-order valence-electron chi connectivity index (χ4n) is 3.85. The van der Waals surface area contributed by atoms with E-state index in [4.69, 9.17) is 9.47 Å². The first kappa shape index (κ1) is 20.1. The second-order valence-corrected chi connectivity index (χ2v) is 7.68. The molecule has 0 N–H and O–H groups in total. The van der Waals surface area contributed by atoms with Crippen LogP contribution in [0, 0.1) is 12.8 Å². The normalized spacial score (nSPS) is 16.6. The average molecular weight is 347 g/mol. The Morgan fingerprint density at radius 3 is 2.44 bits per heavy atom. The maximum absolute atomic E-state index is 6.51. The number of rotatable bonds is 11. The Balaban J connectivity index is 1.97. The van der Waals surface area contributed by atoms with Crippen molar-refractivity contribution < 1.29 is 9.47 Å². The number of unbranched alkanes of at least 4 members (excludes halogenated alkanes) is 3. The summed E-state index contributed by atoms with van der Waals surface area (Å²) >= 11 is 0. The molecule has 1 aliphatic carbocycles. The highest BCUT2D eigenvalue weighted by atomic mass is 16.5. The van der Waals surface area contributed by atoms with Crippen molar-refractivity contribution in [3.63, 3.8) is 0 Å². The van der Waals surface area contributed by atoms with Gasteiger partial charge in [0.1, 0.15) is 17.6 Å². The Bertz CT molecular complexity index is 477. The van der Waals surface area contributed by atoms with Gasteiger partial charge < -0.3 is 9.47 Å². The molecule has 0 aromatic heterocycles. The van der Waals surface area contributed by atoms with Gasteiger partial charge >= 0.3 is 0 Å². The number of aryl methyl sites for hydroxylation is 1. The summed E-state index contributed by atoms with van der Waals surface area (Å²) in [5.41, 5.74) is 1.18. The standard InChI is InChI=1S/C23H38O2/c1-4-6-9-14-23(20-12-10-8-11-13-20)25-21-15-16-22(19(3)18-21)24-17-7-5-2/h15-16,18,20,23H,4-14,17H2,1-3H3. The summed E-state index contributed by atoms with van der Waals surface area (Å²) in [6.07, 6.45) is 14.6. The minimum absolute atomic E-state index is 0.387. The predicted molar refractivity (Wildman–Crippen MR) is 107 cm³/mol. The zero-order valence-electron chi connectivity index (χ0n) is 16.7. The van der Waals surface area contributed by atoms with Gasteiger partial charge in [0, 0.05) is 0 Å². The molecule has 1 aromatic carbocycles. The molecule has 1 fully saturated rings. The van der Waals surface area contributed by atoms with Crippen molar-refractivity contribution in [2.45, 2.75) is 97.5 Å². The van der Waals surface area contributed by atoms with Gasteiger partial charge in [-0.05, 0) is 68.7 Å². The molecule has 142 valence electrons. The van der Waals surface area contributed by atoms with Crippen molar-refractivity contribution in [3.8, 4) is 11.5 Å². The molecule has 1 unspecified atom stereocenters. The minimum Gasteiger partial charge on any atom is -0.493 e. The van der Waals surface area contributed by atoms with Gasteiger partial charge in [0.05, 0.1) is 6.61 Å². The first-order valence-electron chi connectivity index (χ1n) is 10.6. The molecule has 2 heteroatoms. The van der Waals surface area contributed by atoms with Crippen LogP contribution < -0.4 is 9.47 Å². The van der Waals surface area contributed by atoms with Gasteiger partial charge in [-0.25, -0.2) is 0 Å². The van der Waals surface area contributed by atoms with Crippen LogP contribution in [0.5, 0.6) is 11.5 Å². The summed E-state index contributed by atoms with van der Waals surface area (Å²) in [6, 6.07) is 6.35. The van der Waals surface area contributed by atoms with Gasteiger partial charge in [-0.15, -0.1) is 0 Å². The topological polar surface area (TPSA) is 18.5 Å². The highest BCUT2D eigenvalue weighted by molar-refractivity contribution is 5.39. The molecule has 1 saturated carbocycles. The van der Waals surface area contributed by atoms with E-state index in [-0.39, 0.29) is 0 Å². The summed E-state index contributed by atoms with van der Waals surface area (Å²) in [7, 11) is 0. The highest BCUT2D eigenvalue weighted by Crippen LogP contribution is 2.32. The van der Waals surface area contributed by atoms with E-state index in [2.05, 4.69) is 39.0 Å². The third-order valence-electron chi connectivity index (χ3n) is 5.46. The lowest BCUT2D eigenvalue weighted by atomic mass is 9.83. The van der Waals surface area contributed by atoms with Crippen LogP contribution in [-0.4, -0.2) is 12.7 Å². The van der Waals surface area contributed by atoms with Crippen LogP contribution in [0.1, 0.15) is 90.0 Å². The van der Waals surface area contributed by atoms with E-state index in [1.165, 1.54) is 69.8 Å². The lowest BCUT2D eigenvalue weighted by Crippen LogP contribution is -2.29. The average Bonchev–Trinajstić information content (AvgIpc) is 2.64. The van der Waals surface area contributed by atoms with E-state index in [1.54, 1.807) is 0 Å². The second-order valence-electron chi connectivity index (χ2n) is 7.68. The fourth-order valence-corrected chi connectivity index (χ4v) is 3.85. The molecular weight excluding hydrogens is 308 g/mol. The van der Waals surface area contributed by atoms with Crippen molar-refractivity contribution in [2.75, 3.05) is 6.61 Å². The Kier molecular flexibility index (Phi) is 9.21. The molecule has 0 amide bonds. The van der Waals surface area contributed by atoms with Crippen LogP contribution in [0.15, 0.2) is 18.2 Å². The van der Waals surface area contributed by atoms with E-state index < -0.39 is 0 Å². The molecule has 0 heterocycles. The molecule has 0 bridgehead atoms. The largest absolute Gasteiger partial charge is 0.493 e. The van der Waals surface area contributed by atoms with Gasteiger partial charge in [-0.3, -0.25) is 0 Å². The van der Waals surface area contributed by atoms with Crippen LogP contribution in [0.4, 0.5) is 0 Å². The summed E-state index contributed by atoms with van der Waals surface area (Å²) in [6.45, 7) is 7.40. The summed E-state index contributed by atoms with van der Waals surface area (Å²) < 4.78 is 12.4. The lowest BCUT2D eigenvalue weighted by Gasteiger charge is -2.31. The predicted octanol–water partition coefficient (Wildman–Crippen LogP) is 7.08. The SMILES string of the molecule is CCCCCC(Oc1ccc(OCCCC)c(C)c1)C1CCCCC1. The minimum atomic E-state index is 0.387. The summed E-state index contributed by atoms with van der Waals surface area (Å²) in [5, 5.41) is 0. The van der Waals surface area contributed by atoms with Gasteiger partial charge in [0.15, 0.2) is 0 Å².